The predicted octanol–water partition coefficient (Wildman–Crippen LogP) is 3.29. The van der Waals surface area contributed by atoms with Crippen LogP contribution in [0.1, 0.15) is 18.4 Å². The summed E-state index contributed by atoms with van der Waals surface area (Å²) in [5.41, 5.74) is 3.25. The second kappa shape index (κ2) is 6.85. The number of anilines is 2. The Hall–Kier alpha value is -2.38. The molecule has 0 bridgehead atoms. The van der Waals surface area contributed by atoms with Crippen molar-refractivity contribution in [3.63, 3.8) is 0 Å². The number of carboxylic acid groups (broad SMARTS) is 1. The molecule has 0 saturated carbocycles. The summed E-state index contributed by atoms with van der Waals surface area (Å²) in [6.45, 7) is 2.52. The molecule has 2 aliphatic heterocycles. The molecule has 7 heteroatoms. The van der Waals surface area contributed by atoms with Crippen LogP contribution in [0, 0.1) is 0 Å². The summed E-state index contributed by atoms with van der Waals surface area (Å²) >= 11 is 1.62. The van der Waals surface area contributed by atoms with Gasteiger partial charge in [0.05, 0.1) is 5.69 Å². The number of benzene rings is 1. The highest BCUT2D eigenvalue weighted by Crippen LogP contribution is 2.42. The fourth-order valence-corrected chi connectivity index (χ4v) is 4.12. The summed E-state index contributed by atoms with van der Waals surface area (Å²) in [7, 11) is 0. The summed E-state index contributed by atoms with van der Waals surface area (Å²) in [6, 6.07) is 6.39. The van der Waals surface area contributed by atoms with Crippen molar-refractivity contribution in [3.8, 4) is 0 Å². The number of nitrogens with zero attached hydrogens (tertiary/aromatic N) is 3. The van der Waals surface area contributed by atoms with Gasteiger partial charge in [-0.1, -0.05) is 17.8 Å². The number of hydrogen-bond acceptors (Lipinski definition) is 6. The summed E-state index contributed by atoms with van der Waals surface area (Å²) in [5.74, 6) is -0.0616. The first-order valence-electron chi connectivity index (χ1n) is 8.21. The SMILES string of the molecule is O=C(O)C=C1CCCN(Cc2ccc3c(c2)Nc2nccnc2S3)C1. The number of nitrogens with one attached hydrogen (secondary N) is 1. The maximum absolute atomic E-state index is 10.9. The third kappa shape index (κ3) is 3.67. The second-order valence-electron chi connectivity index (χ2n) is 6.22. The molecular weight excluding hydrogens is 336 g/mol. The summed E-state index contributed by atoms with van der Waals surface area (Å²) < 4.78 is 0. The first-order chi connectivity index (χ1) is 12.2. The largest absolute Gasteiger partial charge is 0.478 e. The predicted molar refractivity (Wildman–Crippen MR) is 96.1 cm³/mol. The summed E-state index contributed by atoms with van der Waals surface area (Å²) in [6.07, 6.45) is 6.62. The molecule has 25 heavy (non-hydrogen) atoms. The lowest BCUT2D eigenvalue weighted by Gasteiger charge is -2.29. The van der Waals surface area contributed by atoms with Crippen molar-refractivity contribution >= 4 is 29.2 Å². The van der Waals surface area contributed by atoms with Crippen LogP contribution < -0.4 is 5.32 Å². The number of hydrogen-bond donors (Lipinski definition) is 2. The van der Waals surface area contributed by atoms with Crippen molar-refractivity contribution < 1.29 is 9.90 Å². The average Bonchev–Trinajstić information content (AvgIpc) is 2.59. The molecule has 128 valence electrons. The fraction of sp³-hybridized carbons (Fsp3) is 0.278. The van der Waals surface area contributed by atoms with Gasteiger partial charge in [-0.2, -0.15) is 0 Å². The van der Waals surface area contributed by atoms with E-state index in [4.69, 9.17) is 5.11 Å². The zero-order valence-corrected chi connectivity index (χ0v) is 14.4. The molecule has 2 aromatic rings. The van der Waals surface area contributed by atoms with Crippen LogP contribution in [0.15, 0.2) is 52.2 Å². The van der Waals surface area contributed by atoms with Crippen molar-refractivity contribution in [2.24, 2.45) is 0 Å². The monoisotopic (exact) mass is 354 g/mol. The maximum Gasteiger partial charge on any atom is 0.328 e. The van der Waals surface area contributed by atoms with Gasteiger partial charge >= 0.3 is 5.97 Å². The van der Waals surface area contributed by atoms with Gasteiger partial charge in [-0.15, -0.1) is 0 Å². The van der Waals surface area contributed by atoms with E-state index in [0.29, 0.717) is 0 Å². The lowest BCUT2D eigenvalue weighted by Crippen LogP contribution is -2.31. The topological polar surface area (TPSA) is 78.4 Å². The van der Waals surface area contributed by atoms with E-state index in [1.807, 2.05) is 0 Å². The Morgan fingerprint density at radius 1 is 1.36 bits per heavy atom. The molecule has 0 amide bonds. The van der Waals surface area contributed by atoms with Gasteiger partial charge in [0, 0.05) is 36.5 Å². The highest BCUT2D eigenvalue weighted by molar-refractivity contribution is 7.99. The fourth-order valence-electron chi connectivity index (χ4n) is 3.24. The normalized spacial score (nSPS) is 18.3. The molecule has 1 aromatic carbocycles. The Morgan fingerprint density at radius 3 is 3.12 bits per heavy atom. The Kier molecular flexibility index (Phi) is 4.42. The van der Waals surface area contributed by atoms with Crippen molar-refractivity contribution in [2.75, 3.05) is 18.4 Å². The zero-order valence-electron chi connectivity index (χ0n) is 13.6. The molecule has 0 unspecified atom stereocenters. The van der Waals surface area contributed by atoms with E-state index in [2.05, 4.69) is 38.4 Å². The molecule has 1 aromatic heterocycles. The first kappa shape index (κ1) is 16.1. The lowest BCUT2D eigenvalue weighted by molar-refractivity contribution is -0.131. The lowest BCUT2D eigenvalue weighted by atomic mass is 10.0. The minimum Gasteiger partial charge on any atom is -0.478 e. The molecule has 6 nitrogen and oxygen atoms in total. The average molecular weight is 354 g/mol. The van der Waals surface area contributed by atoms with Crippen LogP contribution in [0.5, 0.6) is 0 Å². The van der Waals surface area contributed by atoms with Crippen molar-refractivity contribution in [1.29, 1.82) is 0 Å². The Balaban J connectivity index is 1.49. The number of carbonyl (C=O) groups is 1. The van der Waals surface area contributed by atoms with Gasteiger partial charge in [0.15, 0.2) is 5.82 Å². The zero-order chi connectivity index (χ0) is 17.2. The molecule has 1 fully saturated rings. The van der Waals surface area contributed by atoms with E-state index in [1.165, 1.54) is 11.6 Å². The number of aliphatic carboxylic acids is 1. The van der Waals surface area contributed by atoms with Crippen LogP contribution >= 0.6 is 11.8 Å². The summed E-state index contributed by atoms with van der Waals surface area (Å²) in [5, 5.41) is 13.2. The van der Waals surface area contributed by atoms with Crippen molar-refractivity contribution in [2.45, 2.75) is 29.3 Å². The highest BCUT2D eigenvalue weighted by atomic mass is 32.2. The molecule has 0 atom stereocenters. The van der Waals surface area contributed by atoms with Crippen LogP contribution in [-0.4, -0.2) is 39.0 Å². The van der Waals surface area contributed by atoms with E-state index in [1.54, 1.807) is 24.2 Å². The molecule has 4 rings (SSSR count). The van der Waals surface area contributed by atoms with Gasteiger partial charge < -0.3 is 10.4 Å². The Labute approximate surface area is 150 Å². The van der Waals surface area contributed by atoms with E-state index >= 15 is 0 Å². The molecule has 1 saturated heterocycles. The van der Waals surface area contributed by atoms with Gasteiger partial charge in [0.1, 0.15) is 5.03 Å². The third-order valence-electron chi connectivity index (χ3n) is 4.30. The van der Waals surface area contributed by atoms with Crippen LogP contribution in [-0.2, 0) is 11.3 Å². The third-order valence-corrected chi connectivity index (χ3v) is 5.37. The maximum atomic E-state index is 10.9. The van der Waals surface area contributed by atoms with Gasteiger partial charge in [0.25, 0.3) is 0 Å². The van der Waals surface area contributed by atoms with Crippen molar-refractivity contribution in [3.05, 3.63) is 47.8 Å². The number of rotatable bonds is 3. The number of aromatic nitrogens is 2. The molecule has 2 aliphatic rings. The number of piperidine rings is 1. The Morgan fingerprint density at radius 2 is 2.24 bits per heavy atom. The standard InChI is InChI=1S/C18H18N4O2S/c23-16(24)9-12-2-1-7-22(10-12)11-13-3-4-15-14(8-13)21-17-18(25-15)20-6-5-19-17/h3-6,8-9H,1-2,7,10-11H2,(H,19,21)(H,23,24). The van der Waals surface area contributed by atoms with Crippen LogP contribution in [0.4, 0.5) is 11.5 Å². The van der Waals surface area contributed by atoms with Crippen molar-refractivity contribution in [1.82, 2.24) is 14.9 Å². The van der Waals surface area contributed by atoms with Gasteiger partial charge in [0.2, 0.25) is 0 Å². The minimum atomic E-state index is -0.855. The van der Waals surface area contributed by atoms with Crippen LogP contribution in [0.3, 0.4) is 0 Å². The Bertz CT molecular complexity index is 853. The highest BCUT2D eigenvalue weighted by Gasteiger charge is 2.19. The quantitative estimate of drug-likeness (QED) is 0.699. The van der Waals surface area contributed by atoms with Gasteiger partial charge in [-0.05, 0) is 42.7 Å². The smallest absolute Gasteiger partial charge is 0.328 e. The van der Waals surface area contributed by atoms with E-state index in [-0.39, 0.29) is 0 Å². The number of carboxylic acids is 1. The number of fused-ring (bicyclic) bond motifs is 2. The molecule has 0 spiro atoms. The number of likely N-dealkylation sites (tertiary alicyclic amines) is 1. The van der Waals surface area contributed by atoms with E-state index in [9.17, 15) is 4.79 Å². The molecule has 0 radical (unpaired) electrons. The van der Waals surface area contributed by atoms with E-state index in [0.717, 1.165) is 59.5 Å². The summed E-state index contributed by atoms with van der Waals surface area (Å²) in [4.78, 5) is 23.0. The van der Waals surface area contributed by atoms with Crippen LogP contribution in [0.25, 0.3) is 0 Å². The van der Waals surface area contributed by atoms with Crippen LogP contribution in [0.2, 0.25) is 0 Å². The van der Waals surface area contributed by atoms with Gasteiger partial charge in [-0.3, -0.25) is 4.90 Å². The first-order valence-corrected chi connectivity index (χ1v) is 9.02. The molecule has 3 heterocycles. The minimum absolute atomic E-state index is 0.722. The second-order valence-corrected chi connectivity index (χ2v) is 7.25. The van der Waals surface area contributed by atoms with E-state index < -0.39 is 5.97 Å². The molecule has 2 N–H and O–H groups in total. The molecule has 0 aliphatic carbocycles. The molecular formula is C18H18N4O2S. The van der Waals surface area contributed by atoms with Gasteiger partial charge in [-0.25, -0.2) is 14.8 Å².